The zero-order valence-corrected chi connectivity index (χ0v) is 16.3. The van der Waals surface area contributed by atoms with Crippen molar-refractivity contribution >= 4 is 35.3 Å². The van der Waals surface area contributed by atoms with Crippen LogP contribution in [0.1, 0.15) is 17.5 Å². The Morgan fingerprint density at radius 1 is 1.17 bits per heavy atom. The summed E-state index contributed by atoms with van der Waals surface area (Å²) >= 11 is 0. The Morgan fingerprint density at radius 3 is 2.53 bits per heavy atom. The van der Waals surface area contributed by atoms with Crippen molar-refractivity contribution in [3.8, 4) is 0 Å². The van der Waals surface area contributed by atoms with Crippen LogP contribution in [0.5, 0.6) is 0 Å². The summed E-state index contributed by atoms with van der Waals surface area (Å²) in [5, 5.41) is 3.21. The van der Waals surface area contributed by atoms with Gasteiger partial charge < -0.3 is 16.8 Å². The van der Waals surface area contributed by atoms with E-state index in [1.165, 1.54) is 18.2 Å². The van der Waals surface area contributed by atoms with Gasteiger partial charge in [-0.2, -0.15) is 0 Å². The van der Waals surface area contributed by atoms with Crippen LogP contribution in [0.25, 0.3) is 6.08 Å². The summed E-state index contributed by atoms with van der Waals surface area (Å²) in [5.41, 5.74) is 12.8. The van der Waals surface area contributed by atoms with Gasteiger partial charge in [0, 0.05) is 28.8 Å². The Bertz CT molecular complexity index is 1100. The van der Waals surface area contributed by atoms with Crippen molar-refractivity contribution in [1.29, 1.82) is 0 Å². The maximum absolute atomic E-state index is 16.0. The number of hydrogen-bond donors (Lipinski definition) is 3. The Labute approximate surface area is 174 Å². The van der Waals surface area contributed by atoms with Crippen LogP contribution < -0.4 is 16.8 Å². The van der Waals surface area contributed by atoms with Gasteiger partial charge >= 0.3 is 0 Å². The molecule has 152 valence electrons. The number of rotatable bonds is 7. The van der Waals surface area contributed by atoms with E-state index >= 15 is 4.39 Å². The van der Waals surface area contributed by atoms with E-state index in [4.69, 9.17) is 11.5 Å². The van der Waals surface area contributed by atoms with Gasteiger partial charge in [0.15, 0.2) is 5.67 Å². The number of nitrogens with two attached hydrogens (primary N) is 2. The molecular formula is C24H22FN3O2. The number of carbonyl (C=O) groups is 2. The number of amides is 1. The molecule has 30 heavy (non-hydrogen) atoms. The van der Waals surface area contributed by atoms with Gasteiger partial charge in [-0.15, -0.1) is 0 Å². The average molecular weight is 403 g/mol. The predicted molar refractivity (Wildman–Crippen MR) is 119 cm³/mol. The van der Waals surface area contributed by atoms with E-state index in [9.17, 15) is 9.59 Å². The molecule has 0 saturated heterocycles. The lowest BCUT2D eigenvalue weighted by molar-refractivity contribution is -0.114. The van der Waals surface area contributed by atoms with Gasteiger partial charge in [0.1, 0.15) is 6.29 Å². The van der Waals surface area contributed by atoms with Crippen molar-refractivity contribution < 1.29 is 14.0 Å². The number of carbonyl (C=O) groups excluding carboxylic acids is 2. The van der Waals surface area contributed by atoms with E-state index in [0.717, 1.165) is 0 Å². The lowest BCUT2D eigenvalue weighted by Crippen LogP contribution is -2.22. The number of anilines is 3. The maximum atomic E-state index is 16.0. The number of benzene rings is 2. The van der Waals surface area contributed by atoms with Gasteiger partial charge in [-0.1, -0.05) is 43.0 Å². The molecular weight excluding hydrogens is 381 g/mol. The van der Waals surface area contributed by atoms with Crippen LogP contribution in [0.2, 0.25) is 0 Å². The van der Waals surface area contributed by atoms with Gasteiger partial charge in [0.25, 0.3) is 0 Å². The second kappa shape index (κ2) is 8.61. The highest BCUT2D eigenvalue weighted by Crippen LogP contribution is 2.41. The normalized spacial score (nSPS) is 18.1. The molecule has 3 rings (SSSR count). The van der Waals surface area contributed by atoms with Crippen molar-refractivity contribution in [2.45, 2.75) is 12.1 Å². The number of primary amides is 1. The van der Waals surface area contributed by atoms with Crippen molar-refractivity contribution in [2.75, 3.05) is 11.1 Å². The number of hydrogen-bond acceptors (Lipinski definition) is 4. The molecule has 1 atom stereocenters. The standard InChI is InChI=1S/C24H22FN3O2/c1-16(23(27)30)17-11-13-24(25,14-12-17)19-7-4-10-21(18(19)6-5-15-29)28-22-9-3-2-8-20(22)26/h2-13,15,28H,1,14,26H2,(H2,27,30). The summed E-state index contributed by atoms with van der Waals surface area (Å²) in [7, 11) is 0. The minimum Gasteiger partial charge on any atom is -0.397 e. The van der Waals surface area contributed by atoms with Gasteiger partial charge in [-0.05, 0) is 42.0 Å². The molecule has 1 unspecified atom stereocenters. The van der Waals surface area contributed by atoms with Gasteiger partial charge in [0.05, 0.1) is 11.4 Å². The van der Waals surface area contributed by atoms with Crippen molar-refractivity contribution in [3.05, 3.63) is 95.6 Å². The maximum Gasteiger partial charge on any atom is 0.248 e. The lowest BCUT2D eigenvalue weighted by Gasteiger charge is -2.27. The fourth-order valence-electron chi connectivity index (χ4n) is 3.29. The number of halogens is 1. The number of nitrogens with one attached hydrogen (secondary N) is 1. The number of alkyl halides is 1. The fraction of sp³-hybridized carbons (Fsp3) is 0.0833. The molecule has 0 saturated carbocycles. The minimum atomic E-state index is -1.84. The highest BCUT2D eigenvalue weighted by atomic mass is 19.1. The highest BCUT2D eigenvalue weighted by Gasteiger charge is 2.33. The van der Waals surface area contributed by atoms with E-state index in [1.807, 2.05) is 18.2 Å². The third kappa shape index (κ3) is 4.22. The molecule has 0 aromatic heterocycles. The first-order valence-corrected chi connectivity index (χ1v) is 9.30. The van der Waals surface area contributed by atoms with E-state index in [1.54, 1.807) is 36.4 Å². The first-order chi connectivity index (χ1) is 14.4. The monoisotopic (exact) mass is 403 g/mol. The predicted octanol–water partition coefficient (Wildman–Crippen LogP) is 4.32. The summed E-state index contributed by atoms with van der Waals surface area (Å²) in [6.07, 6.45) is 7.96. The molecule has 2 aromatic rings. The molecule has 1 aliphatic carbocycles. The van der Waals surface area contributed by atoms with Crippen LogP contribution in [0.15, 0.2) is 84.5 Å². The molecule has 0 bridgehead atoms. The molecule has 0 heterocycles. The highest BCUT2D eigenvalue weighted by molar-refractivity contribution is 5.96. The summed E-state index contributed by atoms with van der Waals surface area (Å²) < 4.78 is 16.0. The smallest absolute Gasteiger partial charge is 0.248 e. The van der Waals surface area contributed by atoms with E-state index in [2.05, 4.69) is 11.9 Å². The molecule has 5 N–H and O–H groups in total. The second-order valence-corrected chi connectivity index (χ2v) is 6.88. The topological polar surface area (TPSA) is 98.2 Å². The Morgan fingerprint density at radius 2 is 1.90 bits per heavy atom. The quantitative estimate of drug-likeness (QED) is 0.364. The fourth-order valence-corrected chi connectivity index (χ4v) is 3.29. The van der Waals surface area contributed by atoms with Crippen LogP contribution in [0.3, 0.4) is 0 Å². The van der Waals surface area contributed by atoms with E-state index < -0.39 is 11.6 Å². The Hall–Kier alpha value is -3.93. The van der Waals surface area contributed by atoms with Crippen LogP contribution in [-0.4, -0.2) is 12.2 Å². The summed E-state index contributed by atoms with van der Waals surface area (Å²) in [6, 6.07) is 12.4. The minimum absolute atomic E-state index is 0.00993. The van der Waals surface area contributed by atoms with Crippen molar-refractivity contribution in [2.24, 2.45) is 5.73 Å². The molecule has 1 aliphatic rings. The molecule has 5 nitrogen and oxygen atoms in total. The van der Waals surface area contributed by atoms with Crippen LogP contribution >= 0.6 is 0 Å². The van der Waals surface area contributed by atoms with E-state index in [-0.39, 0.29) is 12.0 Å². The molecule has 0 radical (unpaired) electrons. The molecule has 0 fully saturated rings. The number of para-hydroxylation sites is 2. The van der Waals surface area contributed by atoms with E-state index in [0.29, 0.717) is 40.0 Å². The zero-order valence-electron chi connectivity index (χ0n) is 16.3. The van der Waals surface area contributed by atoms with Crippen LogP contribution in [-0.2, 0) is 15.3 Å². The molecule has 1 amide bonds. The number of nitrogen functional groups attached to an aromatic ring is 1. The summed E-state index contributed by atoms with van der Waals surface area (Å²) in [4.78, 5) is 22.3. The second-order valence-electron chi connectivity index (χ2n) is 6.88. The third-order valence-electron chi connectivity index (χ3n) is 4.92. The first kappa shape index (κ1) is 20.8. The van der Waals surface area contributed by atoms with Crippen molar-refractivity contribution in [3.63, 3.8) is 0 Å². The first-order valence-electron chi connectivity index (χ1n) is 9.30. The van der Waals surface area contributed by atoms with Gasteiger partial charge in [0.2, 0.25) is 5.91 Å². The zero-order chi connectivity index (χ0) is 21.7. The number of aldehydes is 1. The summed E-state index contributed by atoms with van der Waals surface area (Å²) in [6.45, 7) is 3.64. The Balaban J connectivity index is 2.03. The molecule has 0 spiro atoms. The average Bonchev–Trinajstić information content (AvgIpc) is 2.74. The number of allylic oxidation sites excluding steroid dienone is 4. The molecule has 0 aliphatic heterocycles. The van der Waals surface area contributed by atoms with Crippen molar-refractivity contribution in [1.82, 2.24) is 0 Å². The Kier molecular flexibility index (Phi) is 5.97. The van der Waals surface area contributed by atoms with Crippen LogP contribution in [0, 0.1) is 0 Å². The summed E-state index contributed by atoms with van der Waals surface area (Å²) in [5.74, 6) is -0.654. The SMILES string of the molecule is C=C(C(N)=O)C1=CCC(F)(c2cccc(Nc3ccccc3N)c2C=CC=O)C=C1. The molecule has 6 heteroatoms. The largest absolute Gasteiger partial charge is 0.397 e. The lowest BCUT2D eigenvalue weighted by atomic mass is 9.82. The molecule has 2 aromatic carbocycles. The van der Waals surface area contributed by atoms with Gasteiger partial charge in [-0.3, -0.25) is 9.59 Å². The third-order valence-corrected chi connectivity index (χ3v) is 4.92. The van der Waals surface area contributed by atoms with Gasteiger partial charge in [-0.25, -0.2) is 4.39 Å². The van der Waals surface area contributed by atoms with Crippen LogP contribution in [0.4, 0.5) is 21.5 Å².